The van der Waals surface area contributed by atoms with E-state index in [2.05, 4.69) is 37.8 Å². The quantitative estimate of drug-likeness (QED) is 0.654. The van der Waals surface area contributed by atoms with Crippen molar-refractivity contribution in [1.29, 1.82) is 0 Å². The van der Waals surface area contributed by atoms with Gasteiger partial charge in [-0.25, -0.2) is 0 Å². The maximum absolute atomic E-state index is 4.18. The van der Waals surface area contributed by atoms with E-state index in [0.717, 1.165) is 6.67 Å². The maximum atomic E-state index is 4.18. The molecule has 2 nitrogen and oxygen atoms in total. The average molecular weight is 259 g/mol. The summed E-state index contributed by atoms with van der Waals surface area (Å²) in [6.07, 6.45) is 4.12. The molecule has 0 radical (unpaired) electrons. The van der Waals surface area contributed by atoms with Gasteiger partial charge in [0.15, 0.2) is 0 Å². The van der Waals surface area contributed by atoms with Crippen molar-refractivity contribution >= 4 is 24.6 Å². The van der Waals surface area contributed by atoms with Crippen molar-refractivity contribution in [2.75, 3.05) is 13.7 Å². The Bertz CT molecular complexity index is 201. The molecule has 1 rings (SSSR count). The van der Waals surface area contributed by atoms with Crippen molar-refractivity contribution in [3.8, 4) is 0 Å². The molecule has 0 N–H and O–H groups in total. The van der Waals surface area contributed by atoms with Crippen LogP contribution in [0.25, 0.3) is 0 Å². The van der Waals surface area contributed by atoms with Crippen LogP contribution in [-0.2, 0) is 0 Å². The van der Waals surface area contributed by atoms with Crippen LogP contribution in [0.5, 0.6) is 0 Å². The molecule has 11 heavy (non-hydrogen) atoms. The first-order valence-corrected chi connectivity index (χ1v) is 13.9. The van der Waals surface area contributed by atoms with Gasteiger partial charge < -0.3 is 0 Å². The van der Waals surface area contributed by atoms with E-state index < -0.39 is 18.4 Å². The summed E-state index contributed by atoms with van der Waals surface area (Å²) in [5.41, 5.74) is 0. The standard InChI is InChI=1S/C5H7N2.3CH3.Sn/c1-7-4-2-3-6-5-7;;;;/h2-3H,5H2,1H3;3*1H3;. The molecule has 0 saturated carbocycles. The van der Waals surface area contributed by atoms with Crippen molar-refractivity contribution < 1.29 is 0 Å². The third-order valence-electron chi connectivity index (χ3n) is 1.81. The molecular formula is C8H16N2Sn. The average Bonchev–Trinajstić information content (AvgIpc) is 1.86. The number of allylic oxidation sites excluding steroid dienone is 1. The molecule has 62 valence electrons. The minimum atomic E-state index is -1.82. The van der Waals surface area contributed by atoms with E-state index in [9.17, 15) is 0 Å². The van der Waals surface area contributed by atoms with E-state index in [4.69, 9.17) is 0 Å². The summed E-state index contributed by atoms with van der Waals surface area (Å²) in [5.74, 6) is 0. The Kier molecular flexibility index (Phi) is 2.62. The van der Waals surface area contributed by atoms with Crippen LogP contribution >= 0.6 is 0 Å². The summed E-state index contributed by atoms with van der Waals surface area (Å²) in [7, 11) is 2.13. The molecule has 0 amide bonds. The molecule has 0 unspecified atom stereocenters. The van der Waals surface area contributed by atoms with Gasteiger partial charge in [0, 0.05) is 0 Å². The van der Waals surface area contributed by atoms with Crippen molar-refractivity contribution in [2.24, 2.45) is 4.99 Å². The molecule has 0 aliphatic carbocycles. The Hall–Kier alpha value is 0.00870. The van der Waals surface area contributed by atoms with Crippen LogP contribution in [0.2, 0.25) is 14.8 Å². The molecule has 1 aliphatic rings. The van der Waals surface area contributed by atoms with Crippen LogP contribution in [0, 0.1) is 0 Å². The molecule has 0 bridgehead atoms. The summed E-state index contributed by atoms with van der Waals surface area (Å²) in [5, 5.41) is 0. The van der Waals surface area contributed by atoms with Gasteiger partial charge in [-0.2, -0.15) is 0 Å². The van der Waals surface area contributed by atoms with Gasteiger partial charge in [0.1, 0.15) is 0 Å². The summed E-state index contributed by atoms with van der Waals surface area (Å²) in [4.78, 5) is 13.7. The first kappa shape index (κ1) is 9.10. The Labute approximate surface area is 72.9 Å². The number of nitrogens with zero attached hydrogens (tertiary/aromatic N) is 2. The summed E-state index contributed by atoms with van der Waals surface area (Å²) in [6, 6.07) is 0. The molecule has 0 aromatic heterocycles. The monoisotopic (exact) mass is 260 g/mol. The van der Waals surface area contributed by atoms with Crippen LogP contribution in [0.15, 0.2) is 14.8 Å². The van der Waals surface area contributed by atoms with Crippen molar-refractivity contribution in [1.82, 2.24) is 4.90 Å². The molecule has 1 aliphatic heterocycles. The van der Waals surface area contributed by atoms with Crippen LogP contribution in [0.1, 0.15) is 0 Å². The second kappa shape index (κ2) is 3.17. The number of hydrogen-bond donors (Lipinski definition) is 0. The van der Waals surface area contributed by atoms with E-state index in [1.54, 1.807) is 3.71 Å². The number of rotatable bonds is 1. The van der Waals surface area contributed by atoms with E-state index in [0.29, 0.717) is 0 Å². The molecule has 0 atom stereocenters. The van der Waals surface area contributed by atoms with E-state index >= 15 is 0 Å². The zero-order valence-corrected chi connectivity index (χ0v) is 10.6. The third kappa shape index (κ3) is 2.22. The number of aliphatic imine (C=N–C) groups is 1. The van der Waals surface area contributed by atoms with Gasteiger partial charge >= 0.3 is 72.8 Å². The zero-order valence-electron chi connectivity index (χ0n) is 7.76. The van der Waals surface area contributed by atoms with Gasteiger partial charge in [-0.3, -0.25) is 0 Å². The van der Waals surface area contributed by atoms with Crippen molar-refractivity contribution in [3.63, 3.8) is 0 Å². The fourth-order valence-electron chi connectivity index (χ4n) is 1.32. The second-order valence-electron chi connectivity index (χ2n) is 3.97. The van der Waals surface area contributed by atoms with Gasteiger partial charge in [-0.1, -0.05) is 0 Å². The molecule has 0 saturated heterocycles. The Morgan fingerprint density at radius 1 is 1.45 bits per heavy atom. The molecule has 1 heterocycles. The molecule has 0 aromatic carbocycles. The van der Waals surface area contributed by atoms with Crippen LogP contribution in [0.3, 0.4) is 0 Å². The van der Waals surface area contributed by atoms with Crippen LogP contribution in [-0.4, -0.2) is 43.2 Å². The Balaban J connectivity index is 2.84. The van der Waals surface area contributed by atoms with Gasteiger partial charge in [0.05, 0.1) is 0 Å². The van der Waals surface area contributed by atoms with Crippen LogP contribution < -0.4 is 0 Å². The predicted octanol–water partition coefficient (Wildman–Crippen LogP) is 1.72. The van der Waals surface area contributed by atoms with Gasteiger partial charge in [-0.15, -0.1) is 0 Å². The van der Waals surface area contributed by atoms with Gasteiger partial charge in [-0.05, 0) is 0 Å². The fourth-order valence-corrected chi connectivity index (χ4v) is 6.43. The Morgan fingerprint density at radius 3 is 2.45 bits per heavy atom. The second-order valence-corrected chi connectivity index (χ2v) is 18.3. The van der Waals surface area contributed by atoms with Crippen LogP contribution in [0.4, 0.5) is 0 Å². The molecule has 0 spiro atoms. The summed E-state index contributed by atoms with van der Waals surface area (Å²) in [6.45, 7) is 0.847. The van der Waals surface area contributed by atoms with E-state index in [1.165, 1.54) is 0 Å². The predicted molar refractivity (Wildman–Crippen MR) is 52.6 cm³/mol. The van der Waals surface area contributed by atoms with Gasteiger partial charge in [0.2, 0.25) is 0 Å². The summed E-state index contributed by atoms with van der Waals surface area (Å²) < 4.78 is 1.56. The first-order chi connectivity index (χ1) is 5.02. The molecule has 3 heteroatoms. The Morgan fingerprint density at radius 2 is 2.09 bits per heavy atom. The SMILES string of the molecule is CN1CN=CC=[C]1[Sn]([CH3])([CH3])[CH3]. The minimum absolute atomic E-state index is 0.847. The third-order valence-corrected chi connectivity index (χ3v) is 7.76. The topological polar surface area (TPSA) is 15.6 Å². The van der Waals surface area contributed by atoms with Gasteiger partial charge in [0.25, 0.3) is 0 Å². The zero-order chi connectivity index (χ0) is 8.48. The normalized spacial score (nSPS) is 18.5. The van der Waals surface area contributed by atoms with Crippen molar-refractivity contribution in [3.05, 3.63) is 9.79 Å². The number of hydrogen-bond acceptors (Lipinski definition) is 2. The molecular weight excluding hydrogens is 243 g/mol. The van der Waals surface area contributed by atoms with E-state index in [1.807, 2.05) is 6.21 Å². The summed E-state index contributed by atoms with van der Waals surface area (Å²) >= 11 is -1.82. The first-order valence-electron chi connectivity index (χ1n) is 3.93. The van der Waals surface area contributed by atoms with E-state index in [-0.39, 0.29) is 0 Å². The fraction of sp³-hybridized carbons (Fsp3) is 0.625. The molecule has 0 aromatic rings. The van der Waals surface area contributed by atoms with Crippen molar-refractivity contribution in [2.45, 2.75) is 14.8 Å². The molecule has 0 fully saturated rings.